The first-order chi connectivity index (χ1) is 6.79. The first-order valence-corrected chi connectivity index (χ1v) is 5.85. The SMILES string of the molecule is Cc1ccc2c(c1)CCC(NCS)C2. The fraction of sp³-hybridized carbons (Fsp3) is 0.500. The summed E-state index contributed by atoms with van der Waals surface area (Å²) in [5, 5.41) is 3.40. The minimum absolute atomic E-state index is 0.628. The van der Waals surface area contributed by atoms with E-state index in [1.54, 1.807) is 5.56 Å². The van der Waals surface area contributed by atoms with Crippen molar-refractivity contribution in [2.45, 2.75) is 32.2 Å². The van der Waals surface area contributed by atoms with Crippen LogP contribution in [0.5, 0.6) is 0 Å². The van der Waals surface area contributed by atoms with Crippen molar-refractivity contribution < 1.29 is 0 Å². The molecule has 1 unspecified atom stereocenters. The summed E-state index contributed by atoms with van der Waals surface area (Å²) in [6.45, 7) is 2.17. The third kappa shape index (κ3) is 2.12. The van der Waals surface area contributed by atoms with Crippen LogP contribution in [0.1, 0.15) is 23.1 Å². The fourth-order valence-electron chi connectivity index (χ4n) is 2.19. The lowest BCUT2D eigenvalue weighted by Crippen LogP contribution is -2.33. The summed E-state index contributed by atoms with van der Waals surface area (Å²) in [5.74, 6) is 0.784. The summed E-state index contributed by atoms with van der Waals surface area (Å²) >= 11 is 4.21. The second-order valence-electron chi connectivity index (χ2n) is 4.07. The van der Waals surface area contributed by atoms with Crippen molar-refractivity contribution in [3.8, 4) is 0 Å². The maximum atomic E-state index is 4.21. The van der Waals surface area contributed by atoms with Crippen LogP contribution in [0.4, 0.5) is 0 Å². The van der Waals surface area contributed by atoms with Crippen LogP contribution >= 0.6 is 12.6 Å². The van der Waals surface area contributed by atoms with Crippen LogP contribution < -0.4 is 5.32 Å². The lowest BCUT2D eigenvalue weighted by atomic mass is 9.87. The Labute approximate surface area is 91.3 Å². The van der Waals surface area contributed by atoms with Crippen molar-refractivity contribution in [2.75, 3.05) is 5.88 Å². The molecule has 0 heterocycles. The molecule has 0 aliphatic heterocycles. The molecule has 2 rings (SSSR count). The number of hydrogen-bond acceptors (Lipinski definition) is 2. The molecule has 0 saturated heterocycles. The van der Waals surface area contributed by atoms with Crippen LogP contribution in [0, 0.1) is 6.92 Å². The van der Waals surface area contributed by atoms with E-state index in [1.165, 1.54) is 24.0 Å². The van der Waals surface area contributed by atoms with Crippen LogP contribution in [0.25, 0.3) is 0 Å². The Morgan fingerprint density at radius 2 is 2.29 bits per heavy atom. The average Bonchev–Trinajstić information content (AvgIpc) is 2.19. The maximum absolute atomic E-state index is 4.21. The van der Waals surface area contributed by atoms with Crippen molar-refractivity contribution in [2.24, 2.45) is 0 Å². The molecule has 1 N–H and O–H groups in total. The highest BCUT2D eigenvalue weighted by Gasteiger charge is 2.17. The van der Waals surface area contributed by atoms with Crippen LogP contribution in [0.2, 0.25) is 0 Å². The third-order valence-corrected chi connectivity index (χ3v) is 3.15. The molecule has 76 valence electrons. The minimum atomic E-state index is 0.628. The normalized spacial score (nSPS) is 20.6. The predicted octanol–water partition coefficient (Wildman–Crippen LogP) is 2.33. The molecule has 1 atom stereocenters. The lowest BCUT2D eigenvalue weighted by molar-refractivity contribution is 0.490. The molecule has 0 fully saturated rings. The van der Waals surface area contributed by atoms with Gasteiger partial charge in [0.2, 0.25) is 0 Å². The highest BCUT2D eigenvalue weighted by atomic mass is 32.1. The van der Waals surface area contributed by atoms with Gasteiger partial charge in [-0.15, -0.1) is 0 Å². The van der Waals surface area contributed by atoms with E-state index in [0.29, 0.717) is 6.04 Å². The van der Waals surface area contributed by atoms with Gasteiger partial charge in [-0.3, -0.25) is 0 Å². The van der Waals surface area contributed by atoms with Gasteiger partial charge in [0.1, 0.15) is 0 Å². The summed E-state index contributed by atoms with van der Waals surface area (Å²) < 4.78 is 0. The summed E-state index contributed by atoms with van der Waals surface area (Å²) in [4.78, 5) is 0. The van der Waals surface area contributed by atoms with E-state index < -0.39 is 0 Å². The Morgan fingerprint density at radius 1 is 1.43 bits per heavy atom. The molecule has 0 bridgehead atoms. The first kappa shape index (κ1) is 10.1. The number of thiol groups is 1. The van der Waals surface area contributed by atoms with Crippen LogP contribution in [0.3, 0.4) is 0 Å². The Hall–Kier alpha value is -0.470. The van der Waals surface area contributed by atoms with Gasteiger partial charge in [-0.05, 0) is 37.3 Å². The molecule has 1 aromatic carbocycles. The van der Waals surface area contributed by atoms with Crippen molar-refractivity contribution in [3.63, 3.8) is 0 Å². The molecule has 1 aliphatic carbocycles. The Balaban J connectivity index is 2.15. The maximum Gasteiger partial charge on any atom is 0.0389 e. The van der Waals surface area contributed by atoms with Gasteiger partial charge in [-0.2, -0.15) is 12.6 Å². The molecule has 1 aliphatic rings. The fourth-order valence-corrected chi connectivity index (χ4v) is 2.45. The van der Waals surface area contributed by atoms with Gasteiger partial charge < -0.3 is 5.32 Å². The largest absolute Gasteiger partial charge is 0.305 e. The van der Waals surface area contributed by atoms with Crippen LogP contribution in [-0.4, -0.2) is 11.9 Å². The zero-order chi connectivity index (χ0) is 9.97. The number of aryl methyl sites for hydroxylation is 2. The standard InChI is InChI=1S/C12H17NS/c1-9-2-3-11-7-12(13-8-14)5-4-10(11)6-9/h2-3,6,12-14H,4-5,7-8H2,1H3. The molecule has 1 nitrogen and oxygen atoms in total. The monoisotopic (exact) mass is 207 g/mol. The van der Waals surface area contributed by atoms with Gasteiger partial charge in [0.05, 0.1) is 0 Å². The number of hydrogen-bond donors (Lipinski definition) is 2. The van der Waals surface area contributed by atoms with Crippen molar-refractivity contribution >= 4 is 12.6 Å². The summed E-state index contributed by atoms with van der Waals surface area (Å²) in [6.07, 6.45) is 3.62. The summed E-state index contributed by atoms with van der Waals surface area (Å²) in [6, 6.07) is 7.44. The highest BCUT2D eigenvalue weighted by molar-refractivity contribution is 7.80. The van der Waals surface area contributed by atoms with Crippen LogP contribution in [-0.2, 0) is 12.8 Å². The topological polar surface area (TPSA) is 12.0 Å². The molecule has 14 heavy (non-hydrogen) atoms. The molecule has 0 radical (unpaired) electrons. The number of benzene rings is 1. The molecule has 1 aromatic rings. The number of rotatable bonds is 2. The van der Waals surface area contributed by atoms with E-state index in [1.807, 2.05) is 0 Å². The smallest absolute Gasteiger partial charge is 0.0389 e. The van der Waals surface area contributed by atoms with Crippen molar-refractivity contribution in [3.05, 3.63) is 34.9 Å². The zero-order valence-electron chi connectivity index (χ0n) is 8.59. The quantitative estimate of drug-likeness (QED) is 0.560. The van der Waals surface area contributed by atoms with Gasteiger partial charge in [-0.25, -0.2) is 0 Å². The van der Waals surface area contributed by atoms with E-state index in [2.05, 4.69) is 43.1 Å². The van der Waals surface area contributed by atoms with Crippen LogP contribution in [0.15, 0.2) is 18.2 Å². The summed E-state index contributed by atoms with van der Waals surface area (Å²) in [7, 11) is 0. The zero-order valence-corrected chi connectivity index (χ0v) is 9.48. The van der Waals surface area contributed by atoms with Gasteiger partial charge in [-0.1, -0.05) is 23.8 Å². The van der Waals surface area contributed by atoms with E-state index in [9.17, 15) is 0 Å². The Bertz CT molecular complexity index is 322. The molecule has 0 amide bonds. The second kappa shape index (κ2) is 4.37. The molecule has 0 spiro atoms. The Kier molecular flexibility index (Phi) is 3.14. The molecular formula is C12H17NS. The van der Waals surface area contributed by atoms with Gasteiger partial charge in [0.25, 0.3) is 0 Å². The number of nitrogens with one attached hydrogen (secondary N) is 1. The minimum Gasteiger partial charge on any atom is -0.305 e. The molecule has 0 aromatic heterocycles. The summed E-state index contributed by atoms with van der Waals surface area (Å²) in [5.41, 5.74) is 4.44. The number of fused-ring (bicyclic) bond motifs is 1. The average molecular weight is 207 g/mol. The van der Waals surface area contributed by atoms with E-state index in [4.69, 9.17) is 0 Å². The Morgan fingerprint density at radius 3 is 3.07 bits per heavy atom. The predicted molar refractivity (Wildman–Crippen MR) is 64.0 cm³/mol. The van der Waals surface area contributed by atoms with Gasteiger partial charge in [0.15, 0.2) is 0 Å². The van der Waals surface area contributed by atoms with E-state index >= 15 is 0 Å². The first-order valence-electron chi connectivity index (χ1n) is 5.22. The van der Waals surface area contributed by atoms with E-state index in [0.717, 1.165) is 12.3 Å². The highest BCUT2D eigenvalue weighted by Crippen LogP contribution is 2.22. The lowest BCUT2D eigenvalue weighted by Gasteiger charge is -2.25. The van der Waals surface area contributed by atoms with Gasteiger partial charge >= 0.3 is 0 Å². The van der Waals surface area contributed by atoms with Crippen molar-refractivity contribution in [1.82, 2.24) is 5.32 Å². The molecular weight excluding hydrogens is 190 g/mol. The van der Waals surface area contributed by atoms with Crippen molar-refractivity contribution in [1.29, 1.82) is 0 Å². The third-order valence-electron chi connectivity index (χ3n) is 2.97. The van der Waals surface area contributed by atoms with Gasteiger partial charge in [0, 0.05) is 11.9 Å². The molecule has 2 heteroatoms. The molecule has 0 saturated carbocycles. The van der Waals surface area contributed by atoms with E-state index in [-0.39, 0.29) is 0 Å². The second-order valence-corrected chi connectivity index (χ2v) is 4.39.